The molecule has 3 aromatic heterocycles. The molecule has 0 spiro atoms. The van der Waals surface area contributed by atoms with E-state index in [2.05, 4.69) is 226 Å². The second-order valence-electron chi connectivity index (χ2n) is 13.2. The van der Waals surface area contributed by atoms with Crippen LogP contribution in [0.25, 0.3) is 44.8 Å². The summed E-state index contributed by atoms with van der Waals surface area (Å²) in [5, 5.41) is 6.85. The van der Waals surface area contributed by atoms with Gasteiger partial charge in [0, 0.05) is 51.9 Å². The molecule has 9 aromatic rings. The topological polar surface area (TPSA) is 11.4 Å². The number of hydrogen-bond acceptors (Lipinski definition) is 4. The van der Waals surface area contributed by atoms with Crippen LogP contribution in [0.1, 0.15) is 0 Å². The summed E-state index contributed by atoms with van der Waals surface area (Å²) >= 11 is 3.53. The Bertz CT molecular complexity index is 2410. The number of benzene rings is 6. The Hall–Kier alpha value is -6.40. The highest BCUT2D eigenvalue weighted by Gasteiger charge is 2.18. The molecule has 9 rings (SSSR count). The number of thiophene rings is 2. The largest absolute Gasteiger partial charge is 0.344 e. The van der Waals surface area contributed by atoms with Crippen molar-refractivity contribution in [1.29, 1.82) is 0 Å². The molecule has 6 aromatic carbocycles. The molecule has 0 radical (unpaired) electrons. The lowest BCUT2D eigenvalue weighted by Gasteiger charge is -2.24. The quantitative estimate of drug-likeness (QED) is 0.139. The van der Waals surface area contributed by atoms with Crippen molar-refractivity contribution >= 4 is 55.4 Å². The summed E-state index contributed by atoms with van der Waals surface area (Å²) in [5.74, 6) is 0. The van der Waals surface area contributed by atoms with Gasteiger partial charge in [-0.1, -0.05) is 121 Å². The lowest BCUT2D eigenvalue weighted by atomic mass is 10.1. The lowest BCUT2D eigenvalue weighted by Crippen LogP contribution is -2.08. The fourth-order valence-corrected chi connectivity index (χ4v) is 8.99. The molecule has 3 nitrogen and oxygen atoms in total. The minimum atomic E-state index is 1.13. The van der Waals surface area contributed by atoms with Crippen LogP contribution in [0, 0.1) is 0 Å². The summed E-state index contributed by atoms with van der Waals surface area (Å²) in [7, 11) is 2.16. The first-order valence-corrected chi connectivity index (χ1v) is 19.8. The van der Waals surface area contributed by atoms with Gasteiger partial charge in [0.1, 0.15) is 10.0 Å². The molecule has 0 atom stereocenters. The standard InChI is InChI=1S/C49H37N3S2/c1-50-46(38-22-26-44(27-23-38)51(42-18-10-4-11-19-42)48-32-40(34-53-48)36-14-6-2-7-15-36)30-31-47(50)39-24-28-45(29-25-39)52(43-20-12-5-13-21-43)49-33-41(35-54-49)37-16-8-3-9-17-37/h2-35H,1H3. The summed E-state index contributed by atoms with van der Waals surface area (Å²) in [6.45, 7) is 0. The van der Waals surface area contributed by atoms with Crippen LogP contribution in [0.2, 0.25) is 0 Å². The summed E-state index contributed by atoms with van der Waals surface area (Å²) in [4.78, 5) is 4.69. The van der Waals surface area contributed by atoms with Crippen molar-refractivity contribution in [2.24, 2.45) is 7.05 Å². The molecule has 0 fully saturated rings. The fraction of sp³-hybridized carbons (Fsp3) is 0.0204. The van der Waals surface area contributed by atoms with Crippen LogP contribution in [0.3, 0.4) is 0 Å². The Morgan fingerprint density at radius 2 is 0.667 bits per heavy atom. The first kappa shape index (κ1) is 33.4. The molecule has 0 aliphatic rings. The lowest BCUT2D eigenvalue weighted by molar-refractivity contribution is 0.946. The number of para-hydroxylation sites is 2. The maximum absolute atomic E-state index is 2.34. The Kier molecular flexibility index (Phi) is 9.24. The van der Waals surface area contributed by atoms with Gasteiger partial charge in [-0.05, 0) is 106 Å². The first-order valence-electron chi connectivity index (χ1n) is 18.0. The maximum atomic E-state index is 2.34. The van der Waals surface area contributed by atoms with Crippen LogP contribution in [0.4, 0.5) is 32.8 Å². The molecule has 3 heterocycles. The zero-order valence-electron chi connectivity index (χ0n) is 29.8. The Labute approximate surface area is 324 Å². The molecule has 5 heteroatoms. The van der Waals surface area contributed by atoms with Gasteiger partial charge < -0.3 is 14.4 Å². The van der Waals surface area contributed by atoms with Gasteiger partial charge in [0.2, 0.25) is 0 Å². The van der Waals surface area contributed by atoms with E-state index in [-0.39, 0.29) is 0 Å². The average Bonchev–Trinajstić information content (AvgIpc) is 4.02. The van der Waals surface area contributed by atoms with E-state index in [0.717, 1.165) is 22.7 Å². The fourth-order valence-electron chi connectivity index (χ4n) is 7.06. The average molecular weight is 732 g/mol. The number of rotatable bonds is 10. The van der Waals surface area contributed by atoms with Crippen LogP contribution in [0.5, 0.6) is 0 Å². The van der Waals surface area contributed by atoms with Crippen molar-refractivity contribution in [3.05, 3.63) is 205 Å². The normalized spacial score (nSPS) is 11.1. The molecule has 54 heavy (non-hydrogen) atoms. The third-order valence-corrected chi connectivity index (χ3v) is 11.6. The van der Waals surface area contributed by atoms with E-state index in [1.807, 2.05) is 0 Å². The first-order chi connectivity index (χ1) is 26.7. The minimum Gasteiger partial charge on any atom is -0.344 e. The van der Waals surface area contributed by atoms with Gasteiger partial charge in [-0.3, -0.25) is 0 Å². The highest BCUT2D eigenvalue weighted by atomic mass is 32.1. The molecule has 260 valence electrons. The SMILES string of the molecule is Cn1c(-c2ccc(N(c3ccccc3)c3cc(-c4ccccc4)cs3)cc2)ccc1-c1ccc(N(c2ccccc2)c2cc(-c3ccccc3)cs2)cc1. The molecule has 0 aliphatic heterocycles. The summed E-state index contributed by atoms with van der Waals surface area (Å²) in [5.41, 5.74) is 14.1. The second kappa shape index (κ2) is 14.9. The minimum absolute atomic E-state index is 1.13. The van der Waals surface area contributed by atoms with Crippen LogP contribution in [0.15, 0.2) is 205 Å². The predicted molar refractivity (Wildman–Crippen MR) is 232 cm³/mol. The molecule has 0 bridgehead atoms. The van der Waals surface area contributed by atoms with Crippen LogP contribution < -0.4 is 9.80 Å². The van der Waals surface area contributed by atoms with Crippen molar-refractivity contribution < 1.29 is 0 Å². The molecule has 0 unspecified atom stereocenters. The third kappa shape index (κ3) is 6.67. The molecule has 0 aliphatic carbocycles. The summed E-state index contributed by atoms with van der Waals surface area (Å²) < 4.78 is 2.30. The Morgan fingerprint density at radius 1 is 0.333 bits per heavy atom. The number of hydrogen-bond donors (Lipinski definition) is 0. The van der Waals surface area contributed by atoms with Crippen LogP contribution >= 0.6 is 22.7 Å². The van der Waals surface area contributed by atoms with Gasteiger partial charge in [-0.25, -0.2) is 0 Å². The van der Waals surface area contributed by atoms with Crippen molar-refractivity contribution in [1.82, 2.24) is 4.57 Å². The van der Waals surface area contributed by atoms with E-state index in [9.17, 15) is 0 Å². The van der Waals surface area contributed by atoms with E-state index in [4.69, 9.17) is 0 Å². The Morgan fingerprint density at radius 3 is 1.04 bits per heavy atom. The van der Waals surface area contributed by atoms with Gasteiger partial charge in [0.15, 0.2) is 0 Å². The highest BCUT2D eigenvalue weighted by Crippen LogP contribution is 2.43. The third-order valence-electron chi connectivity index (χ3n) is 9.82. The van der Waals surface area contributed by atoms with Gasteiger partial charge >= 0.3 is 0 Å². The predicted octanol–water partition coefficient (Wildman–Crippen LogP) is 14.8. The van der Waals surface area contributed by atoms with Gasteiger partial charge in [0.25, 0.3) is 0 Å². The van der Waals surface area contributed by atoms with Crippen LogP contribution in [-0.2, 0) is 7.05 Å². The monoisotopic (exact) mass is 731 g/mol. The van der Waals surface area contributed by atoms with Gasteiger partial charge in [-0.2, -0.15) is 0 Å². The smallest absolute Gasteiger partial charge is 0.101 e. The molecule has 0 saturated carbocycles. The van der Waals surface area contributed by atoms with Crippen molar-refractivity contribution in [3.63, 3.8) is 0 Å². The highest BCUT2D eigenvalue weighted by molar-refractivity contribution is 7.15. The van der Waals surface area contributed by atoms with E-state index in [0.29, 0.717) is 0 Å². The van der Waals surface area contributed by atoms with E-state index < -0.39 is 0 Å². The Balaban J connectivity index is 0.993. The molecule has 0 N–H and O–H groups in total. The summed E-state index contributed by atoms with van der Waals surface area (Å²) in [6.07, 6.45) is 0. The second-order valence-corrected chi connectivity index (χ2v) is 15.0. The summed E-state index contributed by atoms with van der Waals surface area (Å²) in [6, 6.07) is 69.3. The van der Waals surface area contributed by atoms with E-state index in [1.54, 1.807) is 22.7 Å². The number of anilines is 6. The molecular weight excluding hydrogens is 695 g/mol. The zero-order chi connectivity index (χ0) is 36.3. The van der Waals surface area contributed by atoms with Crippen molar-refractivity contribution in [2.75, 3.05) is 9.80 Å². The molecule has 0 amide bonds. The molecule has 0 saturated heterocycles. The van der Waals surface area contributed by atoms with Gasteiger partial charge in [-0.15, -0.1) is 22.7 Å². The van der Waals surface area contributed by atoms with E-state index in [1.165, 1.54) is 54.8 Å². The zero-order valence-corrected chi connectivity index (χ0v) is 31.4. The number of nitrogens with zero attached hydrogens (tertiary/aromatic N) is 3. The van der Waals surface area contributed by atoms with Gasteiger partial charge in [0.05, 0.1) is 0 Å². The van der Waals surface area contributed by atoms with Crippen LogP contribution in [-0.4, -0.2) is 4.57 Å². The maximum Gasteiger partial charge on any atom is 0.101 e. The van der Waals surface area contributed by atoms with Crippen molar-refractivity contribution in [3.8, 4) is 44.8 Å². The molecular formula is C49H37N3S2. The van der Waals surface area contributed by atoms with Crippen molar-refractivity contribution in [2.45, 2.75) is 0 Å². The number of aromatic nitrogens is 1. The van der Waals surface area contributed by atoms with E-state index >= 15 is 0 Å².